The number of hydrogen-bond acceptors (Lipinski definition) is 7. The molecule has 2 atom stereocenters. The largest absolute Gasteiger partial charge is 0.492 e. The van der Waals surface area contributed by atoms with Crippen molar-refractivity contribution in [2.75, 3.05) is 26.5 Å². The highest BCUT2D eigenvalue weighted by atomic mass is 35.5. The van der Waals surface area contributed by atoms with Crippen LogP contribution in [-0.2, 0) is 14.3 Å². The van der Waals surface area contributed by atoms with E-state index in [2.05, 4.69) is 0 Å². The van der Waals surface area contributed by atoms with Crippen LogP contribution in [0.25, 0.3) is 11.1 Å². The average Bonchev–Trinajstić information content (AvgIpc) is 3.06. The fourth-order valence-electron chi connectivity index (χ4n) is 4.12. The van der Waals surface area contributed by atoms with Gasteiger partial charge in [0.15, 0.2) is 17.7 Å². The van der Waals surface area contributed by atoms with E-state index in [1.54, 1.807) is 42.5 Å². The van der Waals surface area contributed by atoms with Crippen molar-refractivity contribution in [2.45, 2.75) is 12.3 Å². The molecule has 37 heavy (non-hydrogen) atoms. The Labute approximate surface area is 223 Å². The summed E-state index contributed by atoms with van der Waals surface area (Å²) < 4.78 is 54.9. The second kappa shape index (κ2) is 10.8. The summed E-state index contributed by atoms with van der Waals surface area (Å²) in [6.07, 6.45) is -1.70. The fraction of sp³-hybridized carbons (Fsp3) is 0.240. The van der Waals surface area contributed by atoms with E-state index in [9.17, 15) is 22.7 Å². The molecule has 0 fully saturated rings. The zero-order valence-corrected chi connectivity index (χ0v) is 22.0. The van der Waals surface area contributed by atoms with Gasteiger partial charge in [-0.05, 0) is 24.3 Å². The van der Waals surface area contributed by atoms with Gasteiger partial charge in [0.1, 0.15) is 18.5 Å². The Bertz CT molecular complexity index is 1430. The standard InChI is InChI=1S/C25H22Cl2FNO7S/c1-34-23-18(22-19(26)8-5-9-20(22)27)10-14(28)11-21(23)35-13-15(36-37(2,32)33)12-29-24(30)16-6-3-4-7-17(16)25(29)31/h3-11,15,24,30H,12-13H2,1-2H3/t15-,24?/m1/s1. The zero-order chi connectivity index (χ0) is 26.9. The van der Waals surface area contributed by atoms with Crippen molar-refractivity contribution in [3.05, 3.63) is 81.6 Å². The van der Waals surface area contributed by atoms with Gasteiger partial charge in [-0.1, -0.05) is 47.5 Å². The third-order valence-corrected chi connectivity index (χ3v) is 6.87. The quantitative estimate of drug-likeness (QED) is 0.373. The van der Waals surface area contributed by atoms with Gasteiger partial charge in [-0.2, -0.15) is 8.42 Å². The van der Waals surface area contributed by atoms with Gasteiger partial charge in [0.2, 0.25) is 0 Å². The van der Waals surface area contributed by atoms with Crippen LogP contribution in [0.2, 0.25) is 10.0 Å². The molecule has 196 valence electrons. The summed E-state index contributed by atoms with van der Waals surface area (Å²) in [5, 5.41) is 11.1. The molecule has 4 rings (SSSR count). The molecule has 3 aromatic carbocycles. The molecule has 3 aromatic rings. The first-order valence-electron chi connectivity index (χ1n) is 10.9. The number of benzene rings is 3. The molecule has 0 bridgehead atoms. The van der Waals surface area contributed by atoms with Crippen LogP contribution < -0.4 is 9.47 Å². The van der Waals surface area contributed by atoms with Crippen LogP contribution in [0.1, 0.15) is 22.1 Å². The number of carbonyl (C=O) groups is 1. The summed E-state index contributed by atoms with van der Waals surface area (Å²) in [5.41, 5.74) is 1.22. The second-order valence-corrected chi connectivity index (χ2v) is 10.6. The van der Waals surface area contributed by atoms with Gasteiger partial charge >= 0.3 is 0 Å². The monoisotopic (exact) mass is 569 g/mol. The van der Waals surface area contributed by atoms with Gasteiger partial charge in [-0.25, -0.2) is 4.39 Å². The molecule has 1 heterocycles. The van der Waals surface area contributed by atoms with Crippen LogP contribution in [-0.4, -0.2) is 57.0 Å². The van der Waals surface area contributed by atoms with Crippen LogP contribution in [0.15, 0.2) is 54.6 Å². The summed E-state index contributed by atoms with van der Waals surface area (Å²) >= 11 is 12.6. The molecule has 0 radical (unpaired) electrons. The summed E-state index contributed by atoms with van der Waals surface area (Å²) in [6.45, 7) is -0.766. The van der Waals surface area contributed by atoms with Crippen LogP contribution in [0, 0.1) is 5.82 Å². The molecule has 0 saturated heterocycles. The third kappa shape index (κ3) is 5.83. The number of aliphatic hydroxyl groups is 1. The van der Waals surface area contributed by atoms with Gasteiger partial charge in [0.05, 0.1) is 30.0 Å². The van der Waals surface area contributed by atoms with Crippen molar-refractivity contribution >= 4 is 39.2 Å². The van der Waals surface area contributed by atoms with Crippen molar-refractivity contribution in [1.29, 1.82) is 0 Å². The maximum Gasteiger partial charge on any atom is 0.264 e. The number of methoxy groups -OCH3 is 1. The van der Waals surface area contributed by atoms with Gasteiger partial charge in [0, 0.05) is 28.3 Å². The molecule has 1 aliphatic rings. The first kappa shape index (κ1) is 27.2. The molecule has 1 unspecified atom stereocenters. The Hall–Kier alpha value is -2.89. The van der Waals surface area contributed by atoms with Crippen LogP contribution in [0.3, 0.4) is 0 Å². The van der Waals surface area contributed by atoms with Crippen molar-refractivity contribution in [3.8, 4) is 22.6 Å². The smallest absolute Gasteiger partial charge is 0.264 e. The van der Waals surface area contributed by atoms with E-state index in [1.807, 2.05) is 0 Å². The molecular formula is C25H22Cl2FNO7S. The van der Waals surface area contributed by atoms with E-state index >= 15 is 0 Å². The maximum absolute atomic E-state index is 14.6. The summed E-state index contributed by atoms with van der Waals surface area (Å²) in [6, 6.07) is 13.5. The van der Waals surface area contributed by atoms with Crippen molar-refractivity contribution in [3.63, 3.8) is 0 Å². The number of carbonyl (C=O) groups excluding carboxylic acids is 1. The minimum absolute atomic E-state index is 0.0767. The van der Waals surface area contributed by atoms with Crippen molar-refractivity contribution < 1.29 is 36.4 Å². The number of rotatable bonds is 9. The minimum Gasteiger partial charge on any atom is -0.492 e. The lowest BCUT2D eigenvalue weighted by Gasteiger charge is -2.26. The molecule has 0 aliphatic carbocycles. The molecule has 8 nitrogen and oxygen atoms in total. The highest BCUT2D eigenvalue weighted by Crippen LogP contribution is 2.44. The zero-order valence-electron chi connectivity index (χ0n) is 19.7. The molecule has 1 amide bonds. The third-order valence-electron chi connectivity index (χ3n) is 5.62. The Morgan fingerprint density at radius 2 is 1.76 bits per heavy atom. The van der Waals surface area contributed by atoms with E-state index in [-0.39, 0.29) is 33.7 Å². The van der Waals surface area contributed by atoms with Gasteiger partial charge < -0.3 is 19.5 Å². The van der Waals surface area contributed by atoms with Crippen LogP contribution in [0.4, 0.5) is 4.39 Å². The van der Waals surface area contributed by atoms with Gasteiger partial charge in [-0.3, -0.25) is 8.98 Å². The lowest BCUT2D eigenvalue weighted by Crippen LogP contribution is -2.40. The summed E-state index contributed by atoms with van der Waals surface area (Å²) in [4.78, 5) is 13.9. The number of ether oxygens (including phenoxy) is 2. The van der Waals surface area contributed by atoms with E-state index in [0.717, 1.165) is 17.2 Å². The Morgan fingerprint density at radius 3 is 2.38 bits per heavy atom. The lowest BCUT2D eigenvalue weighted by molar-refractivity contribution is -0.00501. The number of amides is 1. The molecule has 12 heteroatoms. The highest BCUT2D eigenvalue weighted by Gasteiger charge is 2.37. The van der Waals surface area contributed by atoms with E-state index in [0.29, 0.717) is 16.7 Å². The number of aliphatic hydroxyl groups excluding tert-OH is 1. The molecular weight excluding hydrogens is 548 g/mol. The SMILES string of the molecule is COc1c(OC[C@@H](CN2C(=O)c3ccccc3C2O)OS(C)(=O)=O)cc(F)cc1-c1c(Cl)cccc1Cl. The molecule has 1 aliphatic heterocycles. The molecule has 0 spiro atoms. The van der Waals surface area contributed by atoms with E-state index in [4.69, 9.17) is 36.9 Å². The van der Waals surface area contributed by atoms with Gasteiger partial charge in [0.25, 0.3) is 16.0 Å². The number of halogens is 3. The van der Waals surface area contributed by atoms with E-state index in [1.165, 1.54) is 13.2 Å². The Balaban J connectivity index is 1.63. The molecule has 0 aromatic heterocycles. The first-order chi connectivity index (χ1) is 17.5. The van der Waals surface area contributed by atoms with Gasteiger partial charge in [-0.15, -0.1) is 0 Å². The topological polar surface area (TPSA) is 102 Å². The maximum atomic E-state index is 14.6. The average molecular weight is 570 g/mol. The number of fused-ring (bicyclic) bond motifs is 1. The first-order valence-corrected chi connectivity index (χ1v) is 13.5. The fourth-order valence-corrected chi connectivity index (χ4v) is 5.33. The summed E-state index contributed by atoms with van der Waals surface area (Å²) in [5.74, 6) is -1.17. The predicted octanol–water partition coefficient (Wildman–Crippen LogP) is 4.68. The normalized spacial score (nSPS) is 16.0. The van der Waals surface area contributed by atoms with Crippen molar-refractivity contribution in [1.82, 2.24) is 4.90 Å². The second-order valence-electron chi connectivity index (χ2n) is 8.23. The number of hydrogen-bond donors (Lipinski definition) is 1. The van der Waals surface area contributed by atoms with E-state index < -0.39 is 40.8 Å². The highest BCUT2D eigenvalue weighted by molar-refractivity contribution is 7.86. The Kier molecular flexibility index (Phi) is 7.96. The van der Waals surface area contributed by atoms with Crippen molar-refractivity contribution in [2.24, 2.45) is 0 Å². The molecule has 1 N–H and O–H groups in total. The summed E-state index contributed by atoms with van der Waals surface area (Å²) in [7, 11) is -2.66. The van der Waals surface area contributed by atoms with Crippen LogP contribution in [0.5, 0.6) is 11.5 Å². The van der Waals surface area contributed by atoms with Crippen LogP contribution >= 0.6 is 23.2 Å². The molecule has 0 saturated carbocycles. The Morgan fingerprint density at radius 1 is 1.08 bits per heavy atom. The minimum atomic E-state index is -4.00. The number of nitrogens with zero attached hydrogens (tertiary/aromatic N) is 1. The predicted molar refractivity (Wildman–Crippen MR) is 136 cm³/mol. The lowest BCUT2D eigenvalue weighted by atomic mass is 10.0.